The van der Waals surface area contributed by atoms with Crippen LogP contribution in [0.2, 0.25) is 0 Å². The molecular formula is C32H28F2N8O. The highest BCUT2D eigenvalue weighted by Gasteiger charge is 2.45. The van der Waals surface area contributed by atoms with Gasteiger partial charge in [-0.2, -0.15) is 9.97 Å². The molecule has 0 bridgehead atoms. The third-order valence-electron chi connectivity index (χ3n) is 8.82. The largest absolute Gasteiger partial charge is 0.461 e. The van der Waals surface area contributed by atoms with E-state index in [0.29, 0.717) is 40.0 Å². The van der Waals surface area contributed by atoms with Gasteiger partial charge < -0.3 is 15.0 Å². The molecule has 6 heterocycles. The molecule has 8 rings (SSSR count). The van der Waals surface area contributed by atoms with Crippen molar-refractivity contribution in [2.24, 2.45) is 0 Å². The third kappa shape index (κ3) is 4.42. The Bertz CT molecular complexity index is 2000. The van der Waals surface area contributed by atoms with Gasteiger partial charge in [-0.05, 0) is 56.3 Å². The van der Waals surface area contributed by atoms with E-state index >= 15 is 4.39 Å². The van der Waals surface area contributed by atoms with E-state index in [1.54, 1.807) is 42.7 Å². The molecule has 4 aromatic heterocycles. The lowest BCUT2D eigenvalue weighted by atomic mass is 9.95. The van der Waals surface area contributed by atoms with E-state index in [0.717, 1.165) is 49.8 Å². The molecule has 2 N–H and O–H groups in total. The number of nitrogens with one attached hydrogen (secondary N) is 2. The van der Waals surface area contributed by atoms with Gasteiger partial charge in [-0.25, -0.2) is 18.7 Å². The van der Waals surface area contributed by atoms with Crippen LogP contribution in [-0.2, 0) is 6.54 Å². The van der Waals surface area contributed by atoms with Crippen molar-refractivity contribution >= 4 is 38.5 Å². The minimum Gasteiger partial charge on any atom is -0.461 e. The number of hydrogen-bond acceptors (Lipinski definition) is 8. The monoisotopic (exact) mass is 578 g/mol. The first-order valence-corrected chi connectivity index (χ1v) is 14.5. The normalized spacial score (nSPS) is 16.3. The standard InChI is InChI=1S/C32H28F2N8O/c33-23-8-2-6-19-5-1-7-21(25(19)23)27-26(34)28-22(16-37-27)30(38-17-24-36-15-20-9-12-35-29(20)39-24)41-31(40-28)43-18-32-10-3-13-42(32)14-4-11-32/h1-2,5-9,12,15-16H,3-4,10-11,13-14,17-18H2,(H,35,36,39)(H,38,40,41). The second kappa shape index (κ2) is 10.2. The molecule has 0 radical (unpaired) electrons. The van der Waals surface area contributed by atoms with Crippen LogP contribution in [0.3, 0.4) is 0 Å². The Balaban J connectivity index is 1.21. The van der Waals surface area contributed by atoms with Crippen molar-refractivity contribution in [3.8, 4) is 17.3 Å². The summed E-state index contributed by atoms with van der Waals surface area (Å²) in [6, 6.07) is 12.0. The van der Waals surface area contributed by atoms with Crippen LogP contribution in [0.1, 0.15) is 31.5 Å². The van der Waals surface area contributed by atoms with Gasteiger partial charge in [-0.3, -0.25) is 9.88 Å². The maximum Gasteiger partial charge on any atom is 0.319 e. The summed E-state index contributed by atoms with van der Waals surface area (Å²) < 4.78 is 37.7. The first-order chi connectivity index (χ1) is 21.1. The smallest absolute Gasteiger partial charge is 0.319 e. The average molecular weight is 579 g/mol. The molecule has 9 nitrogen and oxygen atoms in total. The number of aromatic nitrogens is 6. The Labute approximate surface area is 245 Å². The van der Waals surface area contributed by atoms with Gasteiger partial charge in [-0.1, -0.05) is 30.3 Å². The Hall–Kier alpha value is -4.77. The van der Waals surface area contributed by atoms with Crippen molar-refractivity contribution in [1.29, 1.82) is 0 Å². The lowest BCUT2D eigenvalue weighted by Crippen LogP contribution is -2.43. The van der Waals surface area contributed by atoms with Crippen LogP contribution in [0.5, 0.6) is 6.01 Å². The molecular weight excluding hydrogens is 550 g/mol. The number of fused-ring (bicyclic) bond motifs is 4. The quantitative estimate of drug-likeness (QED) is 0.237. The van der Waals surface area contributed by atoms with Crippen LogP contribution in [0.4, 0.5) is 14.6 Å². The maximum absolute atomic E-state index is 16.4. The summed E-state index contributed by atoms with van der Waals surface area (Å²) in [6.45, 7) is 2.78. The Morgan fingerprint density at radius 1 is 0.930 bits per heavy atom. The zero-order valence-corrected chi connectivity index (χ0v) is 23.3. The van der Waals surface area contributed by atoms with E-state index < -0.39 is 11.6 Å². The van der Waals surface area contributed by atoms with Gasteiger partial charge in [0, 0.05) is 34.9 Å². The molecule has 2 aliphatic rings. The Kier molecular flexibility index (Phi) is 6.14. The Morgan fingerprint density at radius 3 is 2.63 bits per heavy atom. The average Bonchev–Trinajstić information content (AvgIpc) is 3.75. The van der Waals surface area contributed by atoms with Crippen molar-refractivity contribution in [2.45, 2.75) is 37.8 Å². The molecule has 0 aliphatic carbocycles. The highest BCUT2D eigenvalue weighted by Crippen LogP contribution is 2.39. The fraction of sp³-hybridized carbons (Fsp3) is 0.281. The van der Waals surface area contributed by atoms with Crippen molar-refractivity contribution in [3.05, 3.63) is 78.5 Å². The van der Waals surface area contributed by atoms with Gasteiger partial charge >= 0.3 is 6.01 Å². The van der Waals surface area contributed by atoms with Crippen LogP contribution in [-0.4, -0.2) is 60.0 Å². The van der Waals surface area contributed by atoms with E-state index in [1.165, 1.54) is 12.3 Å². The fourth-order valence-electron chi connectivity index (χ4n) is 6.70. The molecule has 2 aliphatic heterocycles. The number of pyridine rings is 1. The zero-order valence-electron chi connectivity index (χ0n) is 23.3. The van der Waals surface area contributed by atoms with Crippen molar-refractivity contribution in [3.63, 3.8) is 0 Å². The molecule has 0 atom stereocenters. The molecule has 6 aromatic rings. The van der Waals surface area contributed by atoms with E-state index in [9.17, 15) is 4.39 Å². The lowest BCUT2D eigenvalue weighted by Gasteiger charge is -2.31. The minimum absolute atomic E-state index is 0.00989. The van der Waals surface area contributed by atoms with Crippen molar-refractivity contribution in [2.75, 3.05) is 25.0 Å². The van der Waals surface area contributed by atoms with Gasteiger partial charge in [0.2, 0.25) is 0 Å². The number of H-pyrrole nitrogens is 1. The summed E-state index contributed by atoms with van der Waals surface area (Å²) in [5.41, 5.74) is 1.09. The lowest BCUT2D eigenvalue weighted by molar-refractivity contribution is 0.108. The predicted octanol–water partition coefficient (Wildman–Crippen LogP) is 6.01. The Morgan fingerprint density at radius 2 is 1.77 bits per heavy atom. The van der Waals surface area contributed by atoms with Crippen molar-refractivity contribution < 1.29 is 13.5 Å². The zero-order chi connectivity index (χ0) is 29.0. The molecule has 0 unspecified atom stereocenters. The number of anilines is 1. The van der Waals surface area contributed by atoms with Crippen molar-refractivity contribution in [1.82, 2.24) is 34.8 Å². The number of benzene rings is 2. The topological polar surface area (TPSA) is 105 Å². The molecule has 0 spiro atoms. The summed E-state index contributed by atoms with van der Waals surface area (Å²) in [5, 5.41) is 5.49. The molecule has 2 fully saturated rings. The highest BCUT2D eigenvalue weighted by atomic mass is 19.1. The molecule has 0 saturated carbocycles. The summed E-state index contributed by atoms with van der Waals surface area (Å²) >= 11 is 0. The molecule has 11 heteroatoms. The summed E-state index contributed by atoms with van der Waals surface area (Å²) in [6.07, 6.45) is 9.44. The van der Waals surface area contributed by atoms with Gasteiger partial charge in [0.1, 0.15) is 40.9 Å². The molecule has 43 heavy (non-hydrogen) atoms. The van der Waals surface area contributed by atoms with Crippen LogP contribution < -0.4 is 10.1 Å². The highest BCUT2D eigenvalue weighted by molar-refractivity contribution is 5.99. The second-order valence-electron chi connectivity index (χ2n) is 11.3. The predicted molar refractivity (Wildman–Crippen MR) is 160 cm³/mol. The third-order valence-corrected chi connectivity index (χ3v) is 8.82. The summed E-state index contributed by atoms with van der Waals surface area (Å²) in [7, 11) is 0. The van der Waals surface area contributed by atoms with Crippen LogP contribution in [0.25, 0.3) is 44.0 Å². The van der Waals surface area contributed by atoms with E-state index in [2.05, 4.69) is 40.1 Å². The first kappa shape index (κ1) is 25.9. The first-order valence-electron chi connectivity index (χ1n) is 14.5. The molecule has 0 amide bonds. The second-order valence-corrected chi connectivity index (χ2v) is 11.3. The molecule has 2 aromatic carbocycles. The van der Waals surface area contributed by atoms with Gasteiger partial charge in [0.05, 0.1) is 17.5 Å². The number of nitrogens with zero attached hydrogens (tertiary/aromatic N) is 6. The van der Waals surface area contributed by atoms with Gasteiger partial charge in [0.15, 0.2) is 5.82 Å². The van der Waals surface area contributed by atoms with Crippen LogP contribution in [0, 0.1) is 11.6 Å². The van der Waals surface area contributed by atoms with Gasteiger partial charge in [0.25, 0.3) is 0 Å². The van der Waals surface area contributed by atoms with E-state index in [-0.39, 0.29) is 29.3 Å². The fourth-order valence-corrected chi connectivity index (χ4v) is 6.70. The number of rotatable bonds is 7. The molecule has 2 saturated heterocycles. The SMILES string of the molecule is Fc1c(-c2cccc3cccc(F)c23)ncc2c(NCc3ncc4cc[nH]c4n3)nc(OCC34CCCN3CCC4)nc12. The number of hydrogen-bond donors (Lipinski definition) is 2. The summed E-state index contributed by atoms with van der Waals surface area (Å²) in [4.78, 5) is 28.2. The van der Waals surface area contributed by atoms with E-state index in [1.807, 2.05) is 6.07 Å². The number of halogens is 2. The van der Waals surface area contributed by atoms with Crippen LogP contribution in [0.15, 0.2) is 61.1 Å². The van der Waals surface area contributed by atoms with Crippen LogP contribution >= 0.6 is 0 Å². The number of ether oxygens (including phenoxy) is 1. The number of aromatic amines is 1. The van der Waals surface area contributed by atoms with Gasteiger partial charge in [-0.15, -0.1) is 0 Å². The van der Waals surface area contributed by atoms with E-state index in [4.69, 9.17) is 4.74 Å². The minimum atomic E-state index is -0.672. The molecule has 216 valence electrons. The summed E-state index contributed by atoms with van der Waals surface area (Å²) in [5.74, 6) is -0.232. The maximum atomic E-state index is 16.4.